The van der Waals surface area contributed by atoms with Crippen molar-refractivity contribution in [1.29, 1.82) is 0 Å². The van der Waals surface area contributed by atoms with Gasteiger partial charge in [0.25, 0.3) is 0 Å². The van der Waals surface area contributed by atoms with Crippen LogP contribution in [0, 0.1) is 8.70 Å². The molecular formula is C12H11BrFIN2S. The average molecular weight is 441 g/mol. The second kappa shape index (κ2) is 6.42. The third-order valence-corrected chi connectivity index (χ3v) is 4.93. The molecule has 1 atom stereocenters. The van der Waals surface area contributed by atoms with Crippen molar-refractivity contribution in [2.24, 2.45) is 5.84 Å². The summed E-state index contributed by atoms with van der Waals surface area (Å²) in [5.41, 5.74) is 4.49. The smallest absolute Gasteiger partial charge is 0.127 e. The maximum atomic E-state index is 13.8. The van der Waals surface area contributed by atoms with Gasteiger partial charge in [0, 0.05) is 4.47 Å². The molecule has 6 heteroatoms. The quantitative estimate of drug-likeness (QED) is 0.428. The highest BCUT2D eigenvalue weighted by Gasteiger charge is 2.14. The molecule has 18 heavy (non-hydrogen) atoms. The standard InChI is InChI=1S/C12H11BrFIN2S/c13-9-2-1-7(10(14)5-9)3-11(17-16)8-4-12(15)18-6-8/h1-2,4-6,11,17H,3,16H2. The summed E-state index contributed by atoms with van der Waals surface area (Å²) in [7, 11) is 0. The highest BCUT2D eigenvalue weighted by molar-refractivity contribution is 14.1. The molecule has 0 spiro atoms. The Hall–Kier alpha value is -0.0200. The van der Waals surface area contributed by atoms with E-state index in [1.165, 1.54) is 8.95 Å². The first-order valence-electron chi connectivity index (χ1n) is 5.24. The van der Waals surface area contributed by atoms with Gasteiger partial charge in [-0.25, -0.2) is 4.39 Å². The van der Waals surface area contributed by atoms with E-state index in [0.29, 0.717) is 12.0 Å². The summed E-state index contributed by atoms with van der Waals surface area (Å²) in [5.74, 6) is 5.35. The van der Waals surface area contributed by atoms with Crippen molar-refractivity contribution in [3.8, 4) is 0 Å². The summed E-state index contributed by atoms with van der Waals surface area (Å²) < 4.78 is 15.7. The van der Waals surface area contributed by atoms with Gasteiger partial charge in [-0.15, -0.1) is 11.3 Å². The van der Waals surface area contributed by atoms with E-state index in [-0.39, 0.29) is 11.9 Å². The van der Waals surface area contributed by atoms with Crippen molar-refractivity contribution in [3.05, 3.63) is 53.9 Å². The number of hydrazine groups is 1. The summed E-state index contributed by atoms with van der Waals surface area (Å²) in [6, 6.07) is 7.08. The molecule has 1 heterocycles. The zero-order valence-corrected chi connectivity index (χ0v) is 13.9. The van der Waals surface area contributed by atoms with E-state index in [0.717, 1.165) is 10.0 Å². The molecule has 2 aromatic rings. The molecular weight excluding hydrogens is 430 g/mol. The topological polar surface area (TPSA) is 38.0 Å². The maximum absolute atomic E-state index is 13.8. The first kappa shape index (κ1) is 14.4. The molecule has 2 rings (SSSR count). The Morgan fingerprint density at radius 1 is 1.44 bits per heavy atom. The minimum absolute atomic E-state index is 0.0690. The minimum Gasteiger partial charge on any atom is -0.271 e. The van der Waals surface area contributed by atoms with Crippen LogP contribution < -0.4 is 11.3 Å². The molecule has 1 aromatic heterocycles. The van der Waals surface area contributed by atoms with E-state index in [9.17, 15) is 4.39 Å². The highest BCUT2D eigenvalue weighted by atomic mass is 127. The molecule has 0 saturated carbocycles. The predicted octanol–water partition coefficient (Wildman–Crippen LogP) is 4.00. The second-order valence-corrected chi connectivity index (χ2v) is 7.56. The van der Waals surface area contributed by atoms with Crippen LogP contribution in [0.4, 0.5) is 4.39 Å². The lowest BCUT2D eigenvalue weighted by Crippen LogP contribution is -2.29. The van der Waals surface area contributed by atoms with E-state index in [4.69, 9.17) is 5.84 Å². The summed E-state index contributed by atoms with van der Waals surface area (Å²) >= 11 is 7.17. The van der Waals surface area contributed by atoms with Crippen LogP contribution >= 0.6 is 49.9 Å². The Kier molecular flexibility index (Phi) is 5.14. The van der Waals surface area contributed by atoms with Gasteiger partial charge in [0.05, 0.1) is 8.93 Å². The molecule has 96 valence electrons. The van der Waals surface area contributed by atoms with Gasteiger partial charge in [0.1, 0.15) is 5.82 Å². The van der Waals surface area contributed by atoms with E-state index in [1.54, 1.807) is 17.4 Å². The zero-order chi connectivity index (χ0) is 13.1. The number of nitrogens with one attached hydrogen (secondary N) is 1. The molecule has 0 aliphatic carbocycles. The minimum atomic E-state index is -0.213. The van der Waals surface area contributed by atoms with Crippen LogP contribution in [0.5, 0.6) is 0 Å². The van der Waals surface area contributed by atoms with Gasteiger partial charge in [-0.1, -0.05) is 22.0 Å². The van der Waals surface area contributed by atoms with E-state index < -0.39 is 0 Å². The van der Waals surface area contributed by atoms with Gasteiger partial charge < -0.3 is 0 Å². The van der Waals surface area contributed by atoms with Crippen LogP contribution in [-0.2, 0) is 6.42 Å². The molecule has 0 radical (unpaired) electrons. The second-order valence-electron chi connectivity index (χ2n) is 3.84. The lowest BCUT2D eigenvalue weighted by Gasteiger charge is -2.15. The Balaban J connectivity index is 2.20. The molecule has 1 unspecified atom stereocenters. The van der Waals surface area contributed by atoms with Crippen molar-refractivity contribution in [3.63, 3.8) is 0 Å². The molecule has 0 aliphatic rings. The van der Waals surface area contributed by atoms with Gasteiger partial charge in [-0.2, -0.15) is 0 Å². The van der Waals surface area contributed by atoms with Crippen molar-refractivity contribution in [2.75, 3.05) is 0 Å². The fourth-order valence-corrected chi connectivity index (χ4v) is 3.45. The average Bonchev–Trinajstić information content (AvgIpc) is 2.75. The number of hydrogen-bond acceptors (Lipinski definition) is 3. The first-order valence-corrected chi connectivity index (χ1v) is 7.99. The maximum Gasteiger partial charge on any atom is 0.127 e. The Bertz CT molecular complexity index is 547. The lowest BCUT2D eigenvalue weighted by atomic mass is 10.0. The number of thiophene rings is 1. The van der Waals surface area contributed by atoms with Gasteiger partial charge in [-0.3, -0.25) is 11.3 Å². The molecule has 0 saturated heterocycles. The highest BCUT2D eigenvalue weighted by Crippen LogP contribution is 2.26. The van der Waals surface area contributed by atoms with Crippen LogP contribution in [-0.4, -0.2) is 0 Å². The third-order valence-electron chi connectivity index (χ3n) is 2.63. The normalized spacial score (nSPS) is 12.7. The van der Waals surface area contributed by atoms with Gasteiger partial charge in [0.2, 0.25) is 0 Å². The molecule has 0 bridgehead atoms. The SMILES string of the molecule is NNC(Cc1ccc(Br)cc1F)c1csc(I)c1. The number of benzene rings is 1. The lowest BCUT2D eigenvalue weighted by molar-refractivity contribution is 0.530. The predicted molar refractivity (Wildman–Crippen MR) is 84.9 cm³/mol. The monoisotopic (exact) mass is 440 g/mol. The third kappa shape index (κ3) is 3.51. The van der Waals surface area contributed by atoms with Gasteiger partial charge in [-0.05, 0) is 63.7 Å². The summed E-state index contributed by atoms with van der Waals surface area (Å²) in [4.78, 5) is 0. The van der Waals surface area contributed by atoms with Gasteiger partial charge >= 0.3 is 0 Å². The van der Waals surface area contributed by atoms with Crippen LogP contribution in [0.1, 0.15) is 17.2 Å². The zero-order valence-electron chi connectivity index (χ0n) is 9.29. The number of hydrogen-bond donors (Lipinski definition) is 2. The fourth-order valence-electron chi connectivity index (χ4n) is 1.69. The molecule has 1 aromatic carbocycles. The molecule has 2 nitrogen and oxygen atoms in total. The largest absolute Gasteiger partial charge is 0.271 e. The van der Waals surface area contributed by atoms with Crippen molar-refractivity contribution in [1.82, 2.24) is 5.43 Å². The van der Waals surface area contributed by atoms with Crippen LogP contribution in [0.15, 0.2) is 34.1 Å². The molecule has 0 aliphatic heterocycles. The van der Waals surface area contributed by atoms with Crippen LogP contribution in [0.3, 0.4) is 0 Å². The summed E-state index contributed by atoms with van der Waals surface area (Å²) in [6.07, 6.45) is 0.530. The van der Waals surface area contributed by atoms with Gasteiger partial charge in [0.15, 0.2) is 0 Å². The fraction of sp³-hybridized carbons (Fsp3) is 0.167. The molecule has 0 fully saturated rings. The van der Waals surface area contributed by atoms with E-state index >= 15 is 0 Å². The van der Waals surface area contributed by atoms with E-state index in [2.05, 4.69) is 50.0 Å². The van der Waals surface area contributed by atoms with Crippen molar-refractivity contribution >= 4 is 49.9 Å². The van der Waals surface area contributed by atoms with E-state index in [1.807, 2.05) is 11.4 Å². The number of nitrogens with two attached hydrogens (primary N) is 1. The van der Waals surface area contributed by atoms with Crippen LogP contribution in [0.25, 0.3) is 0 Å². The Labute approximate surface area is 131 Å². The first-order chi connectivity index (χ1) is 8.60. The van der Waals surface area contributed by atoms with Crippen LogP contribution in [0.2, 0.25) is 0 Å². The Morgan fingerprint density at radius 2 is 2.22 bits per heavy atom. The summed E-state index contributed by atoms with van der Waals surface area (Å²) in [5, 5.41) is 2.04. The summed E-state index contributed by atoms with van der Waals surface area (Å²) in [6.45, 7) is 0. The van der Waals surface area contributed by atoms with Crippen molar-refractivity contribution in [2.45, 2.75) is 12.5 Å². The molecule has 0 amide bonds. The van der Waals surface area contributed by atoms with Crippen molar-refractivity contribution < 1.29 is 4.39 Å². The number of halogens is 3. The number of rotatable bonds is 4. The molecule has 3 N–H and O–H groups in total. The Morgan fingerprint density at radius 3 is 2.78 bits per heavy atom.